The SMILES string of the molecule is OCCCCCCCCCCCCC1CCCC2CCCCC12. The van der Waals surface area contributed by atoms with Crippen LogP contribution >= 0.6 is 0 Å². The minimum Gasteiger partial charge on any atom is -0.396 e. The topological polar surface area (TPSA) is 20.2 Å². The van der Waals surface area contributed by atoms with Gasteiger partial charge in [-0.15, -0.1) is 0 Å². The third kappa shape index (κ3) is 7.59. The normalized spacial score (nSPS) is 27.8. The van der Waals surface area contributed by atoms with Gasteiger partial charge in [-0.2, -0.15) is 0 Å². The average molecular weight is 323 g/mol. The Labute approximate surface area is 145 Å². The van der Waals surface area contributed by atoms with Crippen molar-refractivity contribution >= 4 is 0 Å². The predicted molar refractivity (Wildman–Crippen MR) is 101 cm³/mol. The van der Waals surface area contributed by atoms with E-state index in [4.69, 9.17) is 5.11 Å². The number of hydrogen-bond acceptors (Lipinski definition) is 1. The lowest BCUT2D eigenvalue weighted by molar-refractivity contribution is 0.0961. The zero-order chi connectivity index (χ0) is 16.2. The fourth-order valence-corrected chi connectivity index (χ4v) is 5.36. The highest BCUT2D eigenvalue weighted by Crippen LogP contribution is 2.45. The fraction of sp³-hybridized carbons (Fsp3) is 1.00. The van der Waals surface area contributed by atoms with Crippen molar-refractivity contribution in [3.05, 3.63) is 0 Å². The maximum Gasteiger partial charge on any atom is 0.0431 e. The van der Waals surface area contributed by atoms with E-state index in [1.165, 1.54) is 77.0 Å². The molecule has 0 aromatic rings. The first kappa shape index (κ1) is 19.3. The molecule has 136 valence electrons. The smallest absolute Gasteiger partial charge is 0.0431 e. The minimum absolute atomic E-state index is 0.378. The molecule has 2 aliphatic carbocycles. The summed E-state index contributed by atoms with van der Waals surface area (Å²) in [7, 11) is 0. The van der Waals surface area contributed by atoms with Crippen molar-refractivity contribution in [2.75, 3.05) is 6.61 Å². The lowest BCUT2D eigenvalue weighted by Crippen LogP contribution is -2.30. The molecule has 1 heteroatoms. The molecule has 3 unspecified atom stereocenters. The molecular weight excluding hydrogens is 280 g/mol. The van der Waals surface area contributed by atoms with Gasteiger partial charge in [-0.05, 0) is 30.6 Å². The summed E-state index contributed by atoms with van der Waals surface area (Å²) in [6, 6.07) is 0. The highest BCUT2D eigenvalue weighted by Gasteiger charge is 2.34. The van der Waals surface area contributed by atoms with Crippen molar-refractivity contribution in [2.45, 2.75) is 116 Å². The summed E-state index contributed by atoms with van der Waals surface area (Å²) >= 11 is 0. The van der Waals surface area contributed by atoms with E-state index in [0.29, 0.717) is 6.61 Å². The van der Waals surface area contributed by atoms with E-state index in [-0.39, 0.29) is 0 Å². The summed E-state index contributed by atoms with van der Waals surface area (Å²) in [5, 5.41) is 8.75. The van der Waals surface area contributed by atoms with Gasteiger partial charge in [0.1, 0.15) is 0 Å². The first-order chi connectivity index (χ1) is 11.4. The first-order valence-electron chi connectivity index (χ1n) is 11.0. The van der Waals surface area contributed by atoms with Crippen molar-refractivity contribution in [1.82, 2.24) is 0 Å². The number of rotatable bonds is 12. The summed E-state index contributed by atoms with van der Waals surface area (Å²) in [6.45, 7) is 0.378. The zero-order valence-electron chi connectivity index (χ0n) is 15.6. The van der Waals surface area contributed by atoms with Crippen LogP contribution in [0.25, 0.3) is 0 Å². The molecule has 0 aromatic heterocycles. The van der Waals surface area contributed by atoms with Gasteiger partial charge in [0.2, 0.25) is 0 Å². The monoisotopic (exact) mass is 322 g/mol. The van der Waals surface area contributed by atoms with Crippen LogP contribution in [-0.4, -0.2) is 11.7 Å². The van der Waals surface area contributed by atoms with Crippen LogP contribution in [0.5, 0.6) is 0 Å². The van der Waals surface area contributed by atoms with E-state index in [9.17, 15) is 0 Å². The van der Waals surface area contributed by atoms with Crippen LogP contribution in [0.2, 0.25) is 0 Å². The Kier molecular flexibility index (Phi) is 10.3. The van der Waals surface area contributed by atoms with Crippen LogP contribution in [-0.2, 0) is 0 Å². The second-order valence-electron chi connectivity index (χ2n) is 8.45. The van der Waals surface area contributed by atoms with Crippen molar-refractivity contribution in [3.63, 3.8) is 0 Å². The van der Waals surface area contributed by atoms with Crippen molar-refractivity contribution < 1.29 is 5.11 Å². The Balaban J connectivity index is 1.41. The summed E-state index contributed by atoms with van der Waals surface area (Å²) in [6.07, 6.45) is 26.0. The summed E-state index contributed by atoms with van der Waals surface area (Å²) < 4.78 is 0. The molecule has 3 atom stereocenters. The van der Waals surface area contributed by atoms with E-state index in [1.54, 1.807) is 32.1 Å². The van der Waals surface area contributed by atoms with Crippen molar-refractivity contribution in [3.8, 4) is 0 Å². The van der Waals surface area contributed by atoms with Gasteiger partial charge in [0, 0.05) is 6.61 Å². The quantitative estimate of drug-likeness (QED) is 0.388. The lowest BCUT2D eigenvalue weighted by atomic mass is 9.64. The molecule has 0 saturated heterocycles. The highest BCUT2D eigenvalue weighted by molar-refractivity contribution is 4.85. The fourth-order valence-electron chi connectivity index (χ4n) is 5.36. The van der Waals surface area contributed by atoms with Crippen LogP contribution in [0.1, 0.15) is 116 Å². The van der Waals surface area contributed by atoms with Crippen LogP contribution < -0.4 is 0 Å². The molecule has 2 rings (SSSR count). The first-order valence-corrected chi connectivity index (χ1v) is 11.0. The number of unbranched alkanes of at least 4 members (excludes halogenated alkanes) is 9. The summed E-state index contributed by atoms with van der Waals surface area (Å²) in [5.41, 5.74) is 0. The number of hydrogen-bond donors (Lipinski definition) is 1. The van der Waals surface area contributed by atoms with Crippen LogP contribution in [0.15, 0.2) is 0 Å². The Morgan fingerprint density at radius 1 is 0.565 bits per heavy atom. The van der Waals surface area contributed by atoms with Gasteiger partial charge in [0.05, 0.1) is 0 Å². The lowest BCUT2D eigenvalue weighted by Gasteiger charge is -2.41. The molecule has 0 amide bonds. The maximum absolute atomic E-state index is 8.75. The van der Waals surface area contributed by atoms with E-state index in [2.05, 4.69) is 0 Å². The second kappa shape index (κ2) is 12.3. The van der Waals surface area contributed by atoms with E-state index in [1.807, 2.05) is 0 Å². The molecule has 0 aromatic carbocycles. The van der Waals surface area contributed by atoms with Crippen molar-refractivity contribution in [2.24, 2.45) is 17.8 Å². The standard InChI is InChI=1S/C22H42O/c23-19-12-8-6-4-2-1-3-5-7-9-14-20-16-13-17-21-15-10-11-18-22(20)21/h20-23H,1-19H2. The Hall–Kier alpha value is -0.0400. The Morgan fingerprint density at radius 2 is 1.13 bits per heavy atom. The highest BCUT2D eigenvalue weighted by atomic mass is 16.2. The second-order valence-corrected chi connectivity index (χ2v) is 8.45. The minimum atomic E-state index is 0.378. The Bertz CT molecular complexity index is 273. The predicted octanol–water partition coefficient (Wildman–Crippen LogP) is 6.88. The number of fused-ring (bicyclic) bond motifs is 1. The van der Waals surface area contributed by atoms with E-state index in [0.717, 1.165) is 24.2 Å². The van der Waals surface area contributed by atoms with Gasteiger partial charge in [0.15, 0.2) is 0 Å². The molecule has 0 radical (unpaired) electrons. The summed E-state index contributed by atoms with van der Waals surface area (Å²) in [5.74, 6) is 3.34. The molecule has 2 aliphatic rings. The third-order valence-corrected chi connectivity index (χ3v) is 6.71. The summed E-state index contributed by atoms with van der Waals surface area (Å²) in [4.78, 5) is 0. The molecule has 2 saturated carbocycles. The van der Waals surface area contributed by atoms with Gasteiger partial charge in [-0.25, -0.2) is 0 Å². The molecule has 0 aliphatic heterocycles. The third-order valence-electron chi connectivity index (χ3n) is 6.71. The molecule has 1 N–H and O–H groups in total. The average Bonchev–Trinajstić information content (AvgIpc) is 2.60. The van der Waals surface area contributed by atoms with Gasteiger partial charge >= 0.3 is 0 Å². The van der Waals surface area contributed by atoms with Crippen LogP contribution in [0, 0.1) is 17.8 Å². The van der Waals surface area contributed by atoms with Crippen molar-refractivity contribution in [1.29, 1.82) is 0 Å². The van der Waals surface area contributed by atoms with Crippen LogP contribution in [0.3, 0.4) is 0 Å². The molecule has 0 bridgehead atoms. The van der Waals surface area contributed by atoms with Crippen LogP contribution in [0.4, 0.5) is 0 Å². The molecule has 1 nitrogen and oxygen atoms in total. The largest absolute Gasteiger partial charge is 0.396 e. The molecule has 0 heterocycles. The number of aliphatic hydroxyl groups excluding tert-OH is 1. The van der Waals surface area contributed by atoms with Gasteiger partial charge < -0.3 is 5.11 Å². The Morgan fingerprint density at radius 3 is 1.83 bits per heavy atom. The molecule has 0 spiro atoms. The molecular formula is C22H42O. The van der Waals surface area contributed by atoms with Gasteiger partial charge in [0.25, 0.3) is 0 Å². The van der Waals surface area contributed by atoms with Gasteiger partial charge in [-0.1, -0.05) is 103 Å². The van der Waals surface area contributed by atoms with E-state index < -0.39 is 0 Å². The molecule has 2 fully saturated rings. The van der Waals surface area contributed by atoms with Gasteiger partial charge in [-0.3, -0.25) is 0 Å². The maximum atomic E-state index is 8.75. The molecule has 23 heavy (non-hydrogen) atoms. The zero-order valence-corrected chi connectivity index (χ0v) is 15.6. The van der Waals surface area contributed by atoms with E-state index >= 15 is 0 Å². The number of aliphatic hydroxyl groups is 1.